The summed E-state index contributed by atoms with van der Waals surface area (Å²) in [7, 11) is 3.58. The second kappa shape index (κ2) is 11.0. The molecule has 5 rings (SSSR count). The van der Waals surface area contributed by atoms with E-state index in [0.717, 1.165) is 39.2 Å². The summed E-state index contributed by atoms with van der Waals surface area (Å²) in [5.74, 6) is 1.53. The zero-order chi connectivity index (χ0) is 26.5. The highest BCUT2D eigenvalue weighted by Gasteiger charge is 2.15. The molecule has 4 aromatic heterocycles. The lowest BCUT2D eigenvalue weighted by atomic mass is 9.96. The van der Waals surface area contributed by atoms with E-state index in [1.807, 2.05) is 48.3 Å². The van der Waals surface area contributed by atoms with Gasteiger partial charge in [0.2, 0.25) is 0 Å². The number of para-hydroxylation sites is 1. The molecule has 1 amide bonds. The van der Waals surface area contributed by atoms with Crippen molar-refractivity contribution in [3.05, 3.63) is 90.7 Å². The monoisotopic (exact) mass is 508 g/mol. The fourth-order valence-electron chi connectivity index (χ4n) is 4.31. The lowest BCUT2D eigenvalue weighted by Gasteiger charge is -2.17. The maximum atomic E-state index is 12.3. The smallest absolute Gasteiger partial charge is 0.251 e. The number of amides is 1. The second-order valence-electron chi connectivity index (χ2n) is 8.99. The van der Waals surface area contributed by atoms with Gasteiger partial charge in [0.15, 0.2) is 6.39 Å². The van der Waals surface area contributed by atoms with Gasteiger partial charge < -0.3 is 20.0 Å². The van der Waals surface area contributed by atoms with Crippen LogP contribution in [0.25, 0.3) is 22.2 Å². The number of nitrogens with zero attached hydrogens (tertiary/aromatic N) is 6. The summed E-state index contributed by atoms with van der Waals surface area (Å²) in [6.07, 6.45) is 8.07. The van der Waals surface area contributed by atoms with E-state index in [1.54, 1.807) is 38.1 Å². The van der Waals surface area contributed by atoms with Crippen molar-refractivity contribution >= 4 is 28.4 Å². The number of fused-ring (bicyclic) bond motifs is 1. The molecule has 38 heavy (non-hydrogen) atoms. The van der Waals surface area contributed by atoms with Crippen molar-refractivity contribution in [3.8, 4) is 11.3 Å². The molecule has 0 radical (unpaired) electrons. The molecule has 1 aromatic carbocycles. The van der Waals surface area contributed by atoms with Crippen LogP contribution in [-0.2, 0) is 6.54 Å². The highest BCUT2D eigenvalue weighted by atomic mass is 16.3. The van der Waals surface area contributed by atoms with Gasteiger partial charge in [0.1, 0.15) is 24.2 Å². The summed E-state index contributed by atoms with van der Waals surface area (Å²) < 4.78 is 5.04. The summed E-state index contributed by atoms with van der Waals surface area (Å²) in [6.45, 7) is 3.35. The number of nitrogens with one attached hydrogen (secondary N) is 2. The molecule has 2 N–H and O–H groups in total. The molecule has 0 fully saturated rings. The van der Waals surface area contributed by atoms with E-state index in [9.17, 15) is 4.79 Å². The van der Waals surface area contributed by atoms with Gasteiger partial charge in [-0.15, -0.1) is 0 Å². The van der Waals surface area contributed by atoms with Crippen molar-refractivity contribution in [2.75, 3.05) is 30.9 Å². The molecule has 0 spiro atoms. The predicted octanol–water partition coefficient (Wildman–Crippen LogP) is 4.29. The highest BCUT2D eigenvalue weighted by Crippen LogP contribution is 2.27. The molecule has 0 saturated carbocycles. The number of oxazole rings is 1. The molecule has 0 saturated heterocycles. The normalized spacial score (nSPS) is 11.8. The lowest BCUT2D eigenvalue weighted by Crippen LogP contribution is -2.18. The molecule has 10 nitrogen and oxygen atoms in total. The lowest BCUT2D eigenvalue weighted by molar-refractivity contribution is 0.0964. The molecule has 0 bridgehead atoms. The molecule has 5 aromatic rings. The molecule has 1 atom stereocenters. The van der Waals surface area contributed by atoms with E-state index >= 15 is 0 Å². The van der Waals surface area contributed by atoms with Gasteiger partial charge in [-0.25, -0.2) is 19.9 Å². The Labute approximate surface area is 220 Å². The summed E-state index contributed by atoms with van der Waals surface area (Å²) in [5.41, 5.74) is 5.00. The number of anilines is 2. The molecular formula is C28H28N8O2. The molecule has 10 heteroatoms. The number of carbonyl (C=O) groups is 1. The van der Waals surface area contributed by atoms with Crippen molar-refractivity contribution in [3.63, 3.8) is 0 Å². The van der Waals surface area contributed by atoms with Gasteiger partial charge in [-0.1, -0.05) is 25.1 Å². The van der Waals surface area contributed by atoms with Crippen molar-refractivity contribution in [2.24, 2.45) is 0 Å². The van der Waals surface area contributed by atoms with Crippen LogP contribution in [0.15, 0.2) is 78.3 Å². The summed E-state index contributed by atoms with van der Waals surface area (Å²) in [5, 5.41) is 6.95. The predicted molar refractivity (Wildman–Crippen MR) is 146 cm³/mol. The molecule has 0 unspecified atom stereocenters. The Bertz CT molecular complexity index is 1540. The first kappa shape index (κ1) is 24.8. The minimum absolute atomic E-state index is 0.116. The van der Waals surface area contributed by atoms with Crippen molar-refractivity contribution in [2.45, 2.75) is 19.4 Å². The first-order valence-electron chi connectivity index (χ1n) is 12.2. The first-order chi connectivity index (χ1) is 18.5. The van der Waals surface area contributed by atoms with Crippen molar-refractivity contribution < 1.29 is 9.21 Å². The van der Waals surface area contributed by atoms with Crippen LogP contribution in [0.5, 0.6) is 0 Å². The molecular weight excluding hydrogens is 480 g/mol. The summed E-state index contributed by atoms with van der Waals surface area (Å²) in [4.78, 5) is 36.4. The van der Waals surface area contributed by atoms with Crippen molar-refractivity contribution in [1.29, 1.82) is 0 Å². The molecule has 0 aliphatic rings. The number of rotatable bonds is 9. The Morgan fingerprint density at radius 3 is 2.74 bits per heavy atom. The van der Waals surface area contributed by atoms with Gasteiger partial charge in [0, 0.05) is 56.0 Å². The van der Waals surface area contributed by atoms with Crippen LogP contribution in [-0.4, -0.2) is 51.5 Å². The third-order valence-corrected chi connectivity index (χ3v) is 6.38. The molecule has 192 valence electrons. The third kappa shape index (κ3) is 5.29. The molecule has 4 heterocycles. The van der Waals surface area contributed by atoms with Gasteiger partial charge in [0.25, 0.3) is 5.91 Å². The first-order valence-corrected chi connectivity index (χ1v) is 12.2. The number of benzene rings is 1. The zero-order valence-electron chi connectivity index (χ0n) is 21.4. The fraction of sp³-hybridized carbons (Fsp3) is 0.214. The molecule has 0 aliphatic carbocycles. The number of hydrogen-bond acceptors (Lipinski definition) is 9. The van der Waals surface area contributed by atoms with Crippen molar-refractivity contribution in [1.82, 2.24) is 30.2 Å². The van der Waals surface area contributed by atoms with E-state index in [0.29, 0.717) is 24.5 Å². The average Bonchev–Trinajstić information content (AvgIpc) is 3.48. The minimum atomic E-state index is -0.127. The van der Waals surface area contributed by atoms with Gasteiger partial charge in [0.05, 0.1) is 29.0 Å². The van der Waals surface area contributed by atoms with E-state index in [-0.39, 0.29) is 11.8 Å². The standard InChI is InChI=1S/C28H28N8O2/c1-18(21-5-4-6-22-23(28(37)29-2)9-10-30-27(21)22)12-31-25-11-24(33-16-34-25)19-7-8-26(32-13-19)36(3)14-20-15-38-17-35-20/h4-11,13,15-18H,12,14H2,1-3H3,(H,29,37)(H,31,33,34)/t18-/m1/s1. The van der Waals surface area contributed by atoms with Gasteiger partial charge in [-0.3, -0.25) is 9.78 Å². The zero-order valence-corrected chi connectivity index (χ0v) is 21.4. The van der Waals surface area contributed by atoms with E-state index in [1.165, 1.54) is 6.39 Å². The number of pyridine rings is 2. The van der Waals surface area contributed by atoms with Crippen LogP contribution in [0.2, 0.25) is 0 Å². The van der Waals surface area contributed by atoms with Gasteiger partial charge in [-0.2, -0.15) is 0 Å². The van der Waals surface area contributed by atoms with Crippen LogP contribution in [0.3, 0.4) is 0 Å². The maximum Gasteiger partial charge on any atom is 0.251 e. The largest absolute Gasteiger partial charge is 0.451 e. The van der Waals surface area contributed by atoms with E-state index < -0.39 is 0 Å². The summed E-state index contributed by atoms with van der Waals surface area (Å²) in [6, 6.07) is 13.5. The number of hydrogen-bond donors (Lipinski definition) is 2. The number of carbonyl (C=O) groups excluding carboxylic acids is 1. The van der Waals surface area contributed by atoms with E-state index in [2.05, 4.69) is 42.5 Å². The van der Waals surface area contributed by atoms with Crippen LogP contribution < -0.4 is 15.5 Å². The van der Waals surface area contributed by atoms with Gasteiger partial charge >= 0.3 is 0 Å². The Morgan fingerprint density at radius 2 is 1.97 bits per heavy atom. The third-order valence-electron chi connectivity index (χ3n) is 6.38. The maximum absolute atomic E-state index is 12.3. The fourth-order valence-corrected chi connectivity index (χ4v) is 4.31. The van der Waals surface area contributed by atoms with Gasteiger partial charge in [-0.05, 0) is 23.8 Å². The SMILES string of the molecule is CNC(=O)c1ccnc2c([C@H](C)CNc3cc(-c4ccc(N(C)Cc5cocn5)nc4)ncn3)cccc12. The Balaban J connectivity index is 1.28. The Morgan fingerprint density at radius 1 is 1.08 bits per heavy atom. The van der Waals surface area contributed by atoms with Crippen LogP contribution in [0, 0.1) is 0 Å². The number of aromatic nitrogens is 5. The topological polar surface area (TPSA) is 122 Å². The second-order valence-corrected chi connectivity index (χ2v) is 8.99. The van der Waals surface area contributed by atoms with E-state index in [4.69, 9.17) is 4.42 Å². The van der Waals surface area contributed by atoms with Crippen LogP contribution in [0.4, 0.5) is 11.6 Å². The Hall–Kier alpha value is -4.86. The average molecular weight is 509 g/mol. The summed E-state index contributed by atoms with van der Waals surface area (Å²) >= 11 is 0. The molecule has 0 aliphatic heterocycles. The highest BCUT2D eigenvalue weighted by molar-refractivity contribution is 6.06. The van der Waals surface area contributed by atoms with Crippen LogP contribution in [0.1, 0.15) is 34.5 Å². The minimum Gasteiger partial charge on any atom is -0.451 e. The van der Waals surface area contributed by atoms with Crippen LogP contribution >= 0.6 is 0 Å². The quantitative estimate of drug-likeness (QED) is 0.300. The Kier molecular flexibility index (Phi) is 7.21.